The summed E-state index contributed by atoms with van der Waals surface area (Å²) in [4.78, 5) is 2.32. The van der Waals surface area contributed by atoms with E-state index < -0.39 is 0 Å². The second-order valence-electron chi connectivity index (χ2n) is 18.4. The Morgan fingerprint density at radius 2 is 0.676 bits per heavy atom. The molecule has 0 amide bonds. The number of benzene rings is 12. The highest BCUT2D eigenvalue weighted by Crippen LogP contribution is 2.47. The van der Waals surface area contributed by atoms with Gasteiger partial charge in [0.1, 0.15) is 11.2 Å². The van der Waals surface area contributed by atoms with Gasteiger partial charge in [0.15, 0.2) is 0 Å². The number of furan rings is 1. The normalized spacial score (nSPS) is 11.7. The number of nitrogens with zero attached hydrogens (tertiary/aromatic N) is 2. The van der Waals surface area contributed by atoms with Gasteiger partial charge < -0.3 is 13.9 Å². The fourth-order valence-corrected chi connectivity index (χ4v) is 11.1. The van der Waals surface area contributed by atoms with Gasteiger partial charge in [-0.25, -0.2) is 0 Å². The summed E-state index contributed by atoms with van der Waals surface area (Å²) in [5.74, 6) is 0. The standard InChI is InChI=1S/C68H44N2O/c1-4-18-51(19-5-1)69(52-20-6-2-7-21-52)54-36-32-45(33-37-54)67-57-26-10-12-28-59(57)68(60-29-13-11-27-58(60)67)50-41-48(40-49(42-50)47-35-39-66-62(44-47)56-25-15-17-31-65(56)71-66)46-34-38-64-61(43-46)55-24-14-16-30-63(55)70(64)53-22-8-3-9-23-53/h1-44H. The molecule has 0 radical (unpaired) electrons. The van der Waals surface area contributed by atoms with Gasteiger partial charge in [-0.05, 0) is 169 Å². The minimum absolute atomic E-state index is 0.889. The quantitative estimate of drug-likeness (QED) is 0.142. The van der Waals surface area contributed by atoms with E-state index in [9.17, 15) is 0 Å². The van der Waals surface area contributed by atoms with E-state index in [2.05, 4.69) is 270 Å². The van der Waals surface area contributed by atoms with Crippen LogP contribution in [0.3, 0.4) is 0 Å². The summed E-state index contributed by atoms with van der Waals surface area (Å²) in [6.07, 6.45) is 0. The fraction of sp³-hybridized carbons (Fsp3) is 0. The third kappa shape index (κ3) is 6.82. The second kappa shape index (κ2) is 16.7. The Bertz CT molecular complexity index is 4220. The molecule has 0 atom stereocenters. The van der Waals surface area contributed by atoms with Crippen molar-refractivity contribution in [1.82, 2.24) is 4.57 Å². The number of hydrogen-bond acceptors (Lipinski definition) is 2. The average Bonchev–Trinajstić information content (AvgIpc) is 3.99. The molecule has 332 valence electrons. The third-order valence-electron chi connectivity index (χ3n) is 14.3. The first-order valence-corrected chi connectivity index (χ1v) is 24.3. The van der Waals surface area contributed by atoms with Gasteiger partial charge in [-0.1, -0.05) is 164 Å². The topological polar surface area (TPSA) is 21.3 Å². The van der Waals surface area contributed by atoms with Crippen molar-refractivity contribution in [2.24, 2.45) is 0 Å². The Kier molecular flexibility index (Phi) is 9.53. The minimum Gasteiger partial charge on any atom is -0.456 e. The zero-order valence-corrected chi connectivity index (χ0v) is 38.7. The third-order valence-corrected chi connectivity index (χ3v) is 14.3. The van der Waals surface area contributed by atoms with Crippen molar-refractivity contribution in [3.63, 3.8) is 0 Å². The van der Waals surface area contributed by atoms with Crippen LogP contribution in [-0.2, 0) is 0 Å². The van der Waals surface area contributed by atoms with Crippen LogP contribution in [0.2, 0.25) is 0 Å². The first kappa shape index (κ1) is 40.6. The maximum absolute atomic E-state index is 6.34. The second-order valence-corrected chi connectivity index (χ2v) is 18.4. The Morgan fingerprint density at radius 1 is 0.254 bits per heavy atom. The van der Waals surface area contributed by atoms with Crippen LogP contribution >= 0.6 is 0 Å². The monoisotopic (exact) mass is 904 g/mol. The predicted molar refractivity (Wildman–Crippen MR) is 299 cm³/mol. The van der Waals surface area contributed by atoms with E-state index in [0.717, 1.165) is 72.5 Å². The highest BCUT2D eigenvalue weighted by atomic mass is 16.3. The first-order chi connectivity index (χ1) is 35.2. The van der Waals surface area contributed by atoms with Gasteiger partial charge in [-0.3, -0.25) is 0 Å². The van der Waals surface area contributed by atoms with Crippen LogP contribution in [0, 0.1) is 0 Å². The van der Waals surface area contributed by atoms with E-state index in [1.165, 1.54) is 60.0 Å². The van der Waals surface area contributed by atoms with Gasteiger partial charge in [0.25, 0.3) is 0 Å². The van der Waals surface area contributed by atoms with Crippen LogP contribution in [0.5, 0.6) is 0 Å². The Labute approximate surface area is 411 Å². The average molecular weight is 905 g/mol. The molecule has 71 heavy (non-hydrogen) atoms. The Balaban J connectivity index is 0.981. The Morgan fingerprint density at radius 3 is 1.30 bits per heavy atom. The SMILES string of the molecule is c1ccc(N(c2ccccc2)c2ccc(-c3c4ccccc4c(-c4cc(-c5ccc6oc7ccccc7c6c5)cc(-c5ccc6c(c5)c5ccccc5n6-c5ccccc5)c4)c4ccccc34)cc2)cc1. The predicted octanol–water partition coefficient (Wildman–Crippen LogP) is 19.1. The van der Waals surface area contributed by atoms with Crippen LogP contribution in [0.25, 0.3) is 115 Å². The highest BCUT2D eigenvalue weighted by molar-refractivity contribution is 6.22. The molecule has 0 aliphatic carbocycles. The molecule has 0 saturated carbocycles. The molecule has 0 N–H and O–H groups in total. The van der Waals surface area contributed by atoms with Crippen molar-refractivity contribution < 1.29 is 4.42 Å². The highest BCUT2D eigenvalue weighted by Gasteiger charge is 2.21. The molecular formula is C68H44N2O. The maximum atomic E-state index is 6.34. The van der Waals surface area contributed by atoms with Crippen LogP contribution in [0.1, 0.15) is 0 Å². The zero-order valence-electron chi connectivity index (χ0n) is 38.7. The molecule has 0 fully saturated rings. The van der Waals surface area contributed by atoms with E-state index in [4.69, 9.17) is 4.42 Å². The number of fused-ring (bicyclic) bond motifs is 8. The smallest absolute Gasteiger partial charge is 0.135 e. The Hall–Kier alpha value is -9.44. The van der Waals surface area contributed by atoms with E-state index >= 15 is 0 Å². The van der Waals surface area contributed by atoms with Gasteiger partial charge >= 0.3 is 0 Å². The largest absolute Gasteiger partial charge is 0.456 e. The number of hydrogen-bond donors (Lipinski definition) is 0. The van der Waals surface area contributed by atoms with Gasteiger partial charge in [0.2, 0.25) is 0 Å². The summed E-state index contributed by atoms with van der Waals surface area (Å²) in [5.41, 5.74) is 18.0. The molecule has 3 heteroatoms. The van der Waals surface area contributed by atoms with Gasteiger partial charge in [-0.15, -0.1) is 0 Å². The van der Waals surface area contributed by atoms with Gasteiger partial charge in [-0.2, -0.15) is 0 Å². The molecule has 2 aromatic heterocycles. The molecule has 0 aliphatic heterocycles. The summed E-state index contributed by atoms with van der Waals surface area (Å²) in [5, 5.41) is 9.53. The number of rotatable bonds is 8. The van der Waals surface area contributed by atoms with E-state index in [1.807, 2.05) is 6.07 Å². The lowest BCUT2D eigenvalue weighted by atomic mass is 9.84. The van der Waals surface area contributed by atoms with Gasteiger partial charge in [0.05, 0.1) is 11.0 Å². The van der Waals surface area contributed by atoms with Crippen molar-refractivity contribution in [3.05, 3.63) is 267 Å². The summed E-state index contributed by atoms with van der Waals surface area (Å²) in [6.45, 7) is 0. The number of para-hydroxylation sites is 5. The molecule has 0 bridgehead atoms. The molecule has 0 saturated heterocycles. The van der Waals surface area contributed by atoms with Crippen LogP contribution in [-0.4, -0.2) is 4.57 Å². The summed E-state index contributed by atoms with van der Waals surface area (Å²) < 4.78 is 8.72. The molecule has 14 aromatic rings. The summed E-state index contributed by atoms with van der Waals surface area (Å²) in [7, 11) is 0. The lowest BCUT2D eigenvalue weighted by molar-refractivity contribution is 0.669. The molecule has 0 unspecified atom stereocenters. The van der Waals surface area contributed by atoms with Crippen molar-refractivity contribution >= 4 is 82.4 Å². The van der Waals surface area contributed by atoms with Crippen LogP contribution < -0.4 is 4.90 Å². The molecule has 0 spiro atoms. The maximum Gasteiger partial charge on any atom is 0.135 e. The van der Waals surface area contributed by atoms with Gasteiger partial charge in [0, 0.05) is 44.3 Å². The van der Waals surface area contributed by atoms with Crippen molar-refractivity contribution in [3.8, 4) is 50.2 Å². The van der Waals surface area contributed by atoms with E-state index in [-0.39, 0.29) is 0 Å². The van der Waals surface area contributed by atoms with Crippen molar-refractivity contribution in [2.75, 3.05) is 4.90 Å². The summed E-state index contributed by atoms with van der Waals surface area (Å²) in [6, 6.07) is 96.9. The zero-order chi connectivity index (χ0) is 46.8. The fourth-order valence-electron chi connectivity index (χ4n) is 11.1. The molecule has 0 aliphatic rings. The summed E-state index contributed by atoms with van der Waals surface area (Å²) >= 11 is 0. The van der Waals surface area contributed by atoms with Crippen LogP contribution in [0.4, 0.5) is 17.1 Å². The number of aromatic nitrogens is 1. The molecule has 3 nitrogen and oxygen atoms in total. The molecular weight excluding hydrogens is 861 g/mol. The lowest BCUT2D eigenvalue weighted by Gasteiger charge is -2.25. The number of anilines is 3. The van der Waals surface area contributed by atoms with Crippen molar-refractivity contribution in [2.45, 2.75) is 0 Å². The molecule has 14 rings (SSSR count). The molecule has 2 heterocycles. The molecule has 12 aromatic carbocycles. The van der Waals surface area contributed by atoms with Crippen molar-refractivity contribution in [1.29, 1.82) is 0 Å². The lowest BCUT2D eigenvalue weighted by Crippen LogP contribution is -2.09. The minimum atomic E-state index is 0.889. The van der Waals surface area contributed by atoms with Crippen LogP contribution in [0.15, 0.2) is 271 Å². The van der Waals surface area contributed by atoms with E-state index in [0.29, 0.717) is 0 Å². The van der Waals surface area contributed by atoms with E-state index in [1.54, 1.807) is 0 Å². The first-order valence-electron chi connectivity index (χ1n) is 24.3.